The minimum atomic E-state index is -6.09. The van der Waals surface area contributed by atoms with Gasteiger partial charge in [-0.2, -0.15) is 13.2 Å². The first-order valence-corrected chi connectivity index (χ1v) is 41.3. The number of sulfonamides is 1. The predicted molar refractivity (Wildman–Crippen MR) is 400 cm³/mol. The van der Waals surface area contributed by atoms with Gasteiger partial charge in [0.25, 0.3) is 31.7 Å². The maximum absolute atomic E-state index is 14.4. The number of piperidine rings is 3. The van der Waals surface area contributed by atoms with Crippen LogP contribution < -0.4 is 25.2 Å². The van der Waals surface area contributed by atoms with Gasteiger partial charge >= 0.3 is 5.51 Å². The molecule has 7 heterocycles. The molecule has 3 N–H and O–H groups in total. The maximum Gasteiger partial charge on any atom is 0.501 e. The van der Waals surface area contributed by atoms with Gasteiger partial charge in [-0.15, -0.1) is 11.8 Å². The Morgan fingerprint density at radius 3 is 2.04 bits per heavy atom. The second-order valence-electron chi connectivity index (χ2n) is 30.0. The van der Waals surface area contributed by atoms with Crippen molar-refractivity contribution in [3.63, 3.8) is 0 Å². The number of rotatable bonds is 24. The monoisotopic (exact) mass is 1510 g/mol. The van der Waals surface area contributed by atoms with Gasteiger partial charge in [-0.1, -0.05) is 54.4 Å². The largest absolute Gasteiger partial charge is 0.501 e. The molecule has 5 aromatic rings. The third-order valence-electron chi connectivity index (χ3n) is 22.6. The summed E-state index contributed by atoms with van der Waals surface area (Å²) in [6.45, 7) is 21.7. The number of nitrogens with one attached hydrogen (secondary N) is 3. The van der Waals surface area contributed by atoms with Gasteiger partial charge in [0.2, 0.25) is 11.8 Å². The van der Waals surface area contributed by atoms with Crippen molar-refractivity contribution >= 4 is 89.5 Å². The highest BCUT2D eigenvalue weighted by Gasteiger charge is 2.49. The second kappa shape index (κ2) is 33.3. The molecule has 104 heavy (non-hydrogen) atoms. The number of benzene rings is 5. The number of hydrogen-bond acceptors (Lipinski definition) is 18. The van der Waals surface area contributed by atoms with Gasteiger partial charge < -0.3 is 39.5 Å². The molecule has 0 spiro atoms. The third kappa shape index (κ3) is 18.7. The van der Waals surface area contributed by atoms with E-state index in [2.05, 4.69) is 70.1 Å². The topological polar surface area (TPSA) is 208 Å². The van der Waals surface area contributed by atoms with Crippen LogP contribution in [0.25, 0.3) is 5.57 Å². The molecule has 8 aliphatic rings. The summed E-state index contributed by atoms with van der Waals surface area (Å²) in [5.74, 6) is -0.0804. The summed E-state index contributed by atoms with van der Waals surface area (Å²) < 4.78 is 105. The molecule has 20 nitrogen and oxygen atoms in total. The molecule has 0 saturated carbocycles. The molecule has 0 radical (unpaired) electrons. The van der Waals surface area contributed by atoms with E-state index in [9.17, 15) is 49.2 Å². The van der Waals surface area contributed by atoms with Crippen molar-refractivity contribution in [2.75, 3.05) is 158 Å². The molecule has 7 aliphatic heterocycles. The number of thioether (sulfide) groups is 1. The summed E-state index contributed by atoms with van der Waals surface area (Å²) in [6.07, 6.45) is 9.84. The molecular weight excluding hydrogens is 1410 g/mol. The molecule has 560 valence electrons. The van der Waals surface area contributed by atoms with Gasteiger partial charge in [0.1, 0.15) is 10.9 Å². The number of carbonyl (C=O) groups excluding carboxylic acids is 4. The summed E-state index contributed by atoms with van der Waals surface area (Å²) >= 11 is 7.88. The van der Waals surface area contributed by atoms with E-state index in [0.717, 1.165) is 151 Å². The summed E-state index contributed by atoms with van der Waals surface area (Å²) in [5, 5.41) is 6.14. The van der Waals surface area contributed by atoms with Gasteiger partial charge in [-0.3, -0.25) is 34.3 Å². The molecule has 1 unspecified atom stereocenters. The van der Waals surface area contributed by atoms with Crippen LogP contribution in [0.4, 0.5) is 30.2 Å². The number of likely N-dealkylation sites (tertiary alicyclic amines) is 2. The van der Waals surface area contributed by atoms with E-state index in [-0.39, 0.29) is 35.1 Å². The molecule has 27 heteroatoms. The number of ether oxygens (including phenoxy) is 1. The molecule has 3 atom stereocenters. The lowest BCUT2D eigenvalue weighted by atomic mass is 9.71. The Hall–Kier alpha value is -6.59. The molecular formula is C77H97ClF3N11O9S3. The van der Waals surface area contributed by atoms with Crippen LogP contribution in [0, 0.1) is 17.3 Å². The molecule has 6 saturated heterocycles. The van der Waals surface area contributed by atoms with Gasteiger partial charge in [-0.25, -0.2) is 21.6 Å². The van der Waals surface area contributed by atoms with Crippen molar-refractivity contribution in [1.29, 1.82) is 0 Å². The van der Waals surface area contributed by atoms with Crippen LogP contribution >= 0.6 is 23.4 Å². The van der Waals surface area contributed by atoms with E-state index in [1.54, 1.807) is 17.0 Å². The molecule has 4 amide bonds. The van der Waals surface area contributed by atoms with Gasteiger partial charge in [0.05, 0.1) is 17.2 Å². The first-order valence-electron chi connectivity index (χ1n) is 37.0. The van der Waals surface area contributed by atoms with Crippen LogP contribution in [0.2, 0.25) is 5.02 Å². The van der Waals surface area contributed by atoms with Crippen molar-refractivity contribution in [2.24, 2.45) is 17.3 Å². The summed E-state index contributed by atoms with van der Waals surface area (Å²) in [6, 6.07) is 31.6. The number of anilines is 3. The number of halogens is 4. The highest BCUT2D eigenvalue weighted by atomic mass is 35.5. The number of sulfone groups is 1. The zero-order chi connectivity index (χ0) is 72.8. The van der Waals surface area contributed by atoms with E-state index < -0.39 is 58.8 Å². The average molecular weight is 1510 g/mol. The highest BCUT2D eigenvalue weighted by molar-refractivity contribution is 7.99. The molecule has 1 aliphatic carbocycles. The summed E-state index contributed by atoms with van der Waals surface area (Å²) in [5.41, 5.74) is 1.58. The normalized spacial score (nSPS) is 22.7. The van der Waals surface area contributed by atoms with E-state index in [0.29, 0.717) is 93.0 Å². The maximum atomic E-state index is 14.4. The minimum Gasteiger partial charge on any atom is -0.380 e. The van der Waals surface area contributed by atoms with Gasteiger partial charge in [0.15, 0.2) is 0 Å². The second-order valence-corrected chi connectivity index (χ2v) is 35.1. The van der Waals surface area contributed by atoms with E-state index >= 15 is 0 Å². The van der Waals surface area contributed by atoms with E-state index in [4.69, 9.17) is 16.3 Å². The fraction of sp³-hybridized carbons (Fsp3) is 0.532. The van der Waals surface area contributed by atoms with E-state index in [1.807, 2.05) is 59.3 Å². The highest BCUT2D eigenvalue weighted by Crippen LogP contribution is 2.45. The number of fused-ring (bicyclic) bond motifs is 1. The van der Waals surface area contributed by atoms with Crippen molar-refractivity contribution in [3.05, 3.63) is 148 Å². The Morgan fingerprint density at radius 2 is 1.36 bits per heavy atom. The molecule has 0 aromatic heterocycles. The van der Waals surface area contributed by atoms with Crippen LogP contribution in [-0.2, 0) is 40.7 Å². The first kappa shape index (κ1) is 75.6. The molecule has 6 fully saturated rings. The number of piperazine rings is 2. The lowest BCUT2D eigenvalue weighted by Gasteiger charge is -2.44. The Bertz CT molecular complexity index is 4120. The first-order chi connectivity index (χ1) is 50.0. The summed E-state index contributed by atoms with van der Waals surface area (Å²) in [7, 11) is -11.0. The molecule has 5 aromatic carbocycles. The van der Waals surface area contributed by atoms with Crippen molar-refractivity contribution < 1.29 is 53.9 Å². The van der Waals surface area contributed by atoms with Crippen LogP contribution in [0.15, 0.2) is 136 Å². The Balaban J connectivity index is 0.562. The standard InChI is InChI=1S/C77H97ClF3N11O9S3/c1-76(54-89-32-25-56(26-33-89)49-86-30-23-55(24-31-86)50-87-35-41-91(42-36-87)64-16-18-68-59(46-64)52-92(75(68)96)70-20-21-72(93)83-74(70)95)28-22-67(57-8-12-61(78)13-9-57)60(48-76)51-88-37-39-90(40-38-88)63-14-10-58(11-15-63)73(94)84-104(99,100)66-17-19-69(71(47-66)103(97,98)77(79,80)81)82-62(53-102-65-6-3-2-4-7-65)27-34-85-29-5-44-101-45-43-85/h2-4,6-19,46-47,55-56,62,70,82H,5,20-45,48-54H2,1H3,(H,84,94)(H,83,93,95)/t62-,70?,76-/m1/s1. The number of hydrogen-bond donors (Lipinski definition) is 3. The fourth-order valence-corrected chi connectivity index (χ4v) is 19.8. The fourth-order valence-electron chi connectivity index (χ4n) is 16.6. The van der Waals surface area contributed by atoms with Gasteiger partial charge in [-0.05, 0) is 209 Å². The van der Waals surface area contributed by atoms with E-state index in [1.165, 1.54) is 72.8 Å². The number of carbonyl (C=O) groups is 4. The van der Waals surface area contributed by atoms with Crippen LogP contribution in [0.5, 0.6) is 0 Å². The smallest absolute Gasteiger partial charge is 0.380 e. The average Bonchev–Trinajstić information content (AvgIpc) is 1.70. The quantitative estimate of drug-likeness (QED) is 0.0388. The Kier molecular flexibility index (Phi) is 24.2. The third-order valence-corrected chi connectivity index (χ3v) is 26.8. The zero-order valence-corrected chi connectivity index (χ0v) is 62.5. The van der Waals surface area contributed by atoms with Crippen molar-refractivity contribution in [1.82, 2.24) is 39.4 Å². The lowest BCUT2D eigenvalue weighted by molar-refractivity contribution is -0.136. The minimum absolute atomic E-state index is 0.00840. The number of allylic oxidation sites excluding steroid dienone is 1. The predicted octanol–water partition coefficient (Wildman–Crippen LogP) is 10.2. The Morgan fingerprint density at radius 1 is 0.702 bits per heavy atom. The molecule has 13 rings (SSSR count). The molecule has 0 bridgehead atoms. The Labute approximate surface area is 619 Å². The van der Waals surface area contributed by atoms with Crippen LogP contribution in [0.1, 0.15) is 109 Å². The SMILES string of the molecule is C[C@@]1(CN2CCC(CN3CCC(CN4CCN(c5ccc6c(c5)CN(C5CCC(=O)NC5=O)C6=O)CC4)CC3)CC2)CCC(c2ccc(Cl)cc2)=C(CN2CCN(c3ccc(C(=O)NS(=O)(=O)c4ccc(N[C@H](CCN5CCCOCC5)CSc5ccccc5)c(S(=O)(=O)C(F)(F)F)c4)cc3)CC2)C1. The number of amides is 4. The van der Waals surface area contributed by atoms with Crippen molar-refractivity contribution in [3.8, 4) is 0 Å². The number of imide groups is 1. The summed E-state index contributed by atoms with van der Waals surface area (Å²) in [4.78, 5) is 69.2. The van der Waals surface area contributed by atoms with Crippen LogP contribution in [-0.4, -0.2) is 231 Å². The van der Waals surface area contributed by atoms with Crippen molar-refractivity contribution in [2.45, 2.75) is 116 Å². The van der Waals surface area contributed by atoms with Crippen LogP contribution in [0.3, 0.4) is 0 Å². The lowest BCUT2D eigenvalue weighted by Crippen LogP contribution is -2.52. The zero-order valence-electron chi connectivity index (χ0n) is 59.3. The number of nitrogens with zero attached hydrogens (tertiary/aromatic N) is 8. The van der Waals surface area contributed by atoms with Gasteiger partial charge in [0, 0.05) is 162 Å². The number of alkyl halides is 3.